The molecule has 2 rings (SSSR count). The zero-order valence-electron chi connectivity index (χ0n) is 7.79. The lowest BCUT2D eigenvalue weighted by Crippen LogP contribution is -2.22. The molecule has 1 N–H and O–H groups in total. The van der Waals surface area contributed by atoms with E-state index in [1.165, 1.54) is 11.3 Å². The van der Waals surface area contributed by atoms with Gasteiger partial charge in [0.2, 0.25) is 5.13 Å². The predicted octanol–water partition coefficient (Wildman–Crippen LogP) is 1.24. The second-order valence-electron chi connectivity index (χ2n) is 3.02. The molecular formula is C8H11N5S. The number of aromatic nitrogens is 4. The monoisotopic (exact) mass is 209 g/mol. The summed E-state index contributed by atoms with van der Waals surface area (Å²) in [7, 11) is 0. The summed E-state index contributed by atoms with van der Waals surface area (Å²) in [4.78, 5) is 0. The van der Waals surface area contributed by atoms with Crippen molar-refractivity contribution in [3.8, 4) is 0 Å². The van der Waals surface area contributed by atoms with Crippen molar-refractivity contribution in [2.45, 2.75) is 19.5 Å². The minimum atomic E-state index is 0.294. The Bertz CT molecular complexity index is 319. The molecule has 0 bridgehead atoms. The maximum Gasteiger partial charge on any atom is 0.205 e. The van der Waals surface area contributed by atoms with E-state index >= 15 is 0 Å². The summed E-state index contributed by atoms with van der Waals surface area (Å²) >= 11 is 1.50. The Balaban J connectivity index is 1.88. The molecule has 14 heavy (non-hydrogen) atoms. The minimum Gasteiger partial charge on any atom is -0.356 e. The number of hydrogen-bond acceptors (Lipinski definition) is 5. The molecular weight excluding hydrogens is 198 g/mol. The number of anilines is 1. The molecule has 2 aromatic rings. The second kappa shape index (κ2) is 4.19. The normalized spacial score (nSPS) is 12.6. The molecule has 0 fully saturated rings. The van der Waals surface area contributed by atoms with Gasteiger partial charge in [-0.15, -0.1) is 10.2 Å². The van der Waals surface area contributed by atoms with Gasteiger partial charge in [0.15, 0.2) is 0 Å². The Morgan fingerprint density at radius 2 is 2.57 bits per heavy atom. The fourth-order valence-corrected chi connectivity index (χ4v) is 1.74. The molecule has 0 aliphatic heterocycles. The van der Waals surface area contributed by atoms with Crippen molar-refractivity contribution in [1.29, 1.82) is 0 Å². The zero-order valence-corrected chi connectivity index (χ0v) is 8.61. The molecule has 0 aliphatic rings. The first-order chi connectivity index (χ1) is 6.84. The standard InChI is InChI=1S/C8H11N5S/c1-7(5-13-4-2-3-10-13)11-8-12-9-6-14-8/h2-4,6-7H,5H2,1H3,(H,11,12). The molecule has 74 valence electrons. The van der Waals surface area contributed by atoms with Crippen molar-refractivity contribution in [2.24, 2.45) is 0 Å². The van der Waals surface area contributed by atoms with Crippen LogP contribution in [0, 0.1) is 0 Å². The molecule has 0 spiro atoms. The lowest BCUT2D eigenvalue weighted by atomic mass is 10.3. The highest BCUT2D eigenvalue weighted by Gasteiger charge is 2.04. The van der Waals surface area contributed by atoms with Gasteiger partial charge in [-0.3, -0.25) is 4.68 Å². The number of rotatable bonds is 4. The molecule has 5 nitrogen and oxygen atoms in total. The summed E-state index contributed by atoms with van der Waals surface area (Å²) in [6, 6.07) is 2.21. The molecule has 0 aliphatic carbocycles. The van der Waals surface area contributed by atoms with Crippen LogP contribution in [-0.4, -0.2) is 26.0 Å². The molecule has 0 aromatic carbocycles. The lowest BCUT2D eigenvalue weighted by Gasteiger charge is -2.11. The van der Waals surface area contributed by atoms with Gasteiger partial charge in [0.25, 0.3) is 0 Å². The number of hydrogen-bond donors (Lipinski definition) is 1. The highest BCUT2D eigenvalue weighted by molar-refractivity contribution is 7.13. The van der Waals surface area contributed by atoms with Gasteiger partial charge in [0.05, 0.1) is 6.54 Å². The van der Waals surface area contributed by atoms with Crippen molar-refractivity contribution in [3.05, 3.63) is 24.0 Å². The van der Waals surface area contributed by atoms with E-state index in [1.807, 2.05) is 16.9 Å². The highest BCUT2D eigenvalue weighted by atomic mass is 32.1. The molecule has 2 aromatic heterocycles. The maximum absolute atomic E-state index is 4.13. The van der Waals surface area contributed by atoms with Gasteiger partial charge in [-0.2, -0.15) is 5.10 Å². The minimum absolute atomic E-state index is 0.294. The molecule has 0 radical (unpaired) electrons. The van der Waals surface area contributed by atoms with E-state index in [1.54, 1.807) is 11.7 Å². The summed E-state index contributed by atoms with van der Waals surface area (Å²) < 4.78 is 1.89. The van der Waals surface area contributed by atoms with Crippen molar-refractivity contribution in [2.75, 3.05) is 5.32 Å². The van der Waals surface area contributed by atoms with Crippen molar-refractivity contribution in [3.63, 3.8) is 0 Å². The first-order valence-corrected chi connectivity index (χ1v) is 5.22. The molecule has 0 saturated heterocycles. The van der Waals surface area contributed by atoms with Crippen LogP contribution < -0.4 is 5.32 Å². The smallest absolute Gasteiger partial charge is 0.205 e. The van der Waals surface area contributed by atoms with Crippen LogP contribution in [0.2, 0.25) is 0 Å². The molecule has 2 heterocycles. The van der Waals surface area contributed by atoms with E-state index in [0.29, 0.717) is 6.04 Å². The third-order valence-corrected chi connectivity index (χ3v) is 2.37. The van der Waals surface area contributed by atoms with Crippen LogP contribution >= 0.6 is 11.3 Å². The third kappa shape index (κ3) is 2.29. The average molecular weight is 209 g/mol. The van der Waals surface area contributed by atoms with Crippen LogP contribution in [0.1, 0.15) is 6.92 Å². The van der Waals surface area contributed by atoms with E-state index < -0.39 is 0 Å². The Hall–Kier alpha value is -1.43. The Morgan fingerprint density at radius 3 is 3.21 bits per heavy atom. The van der Waals surface area contributed by atoms with Crippen LogP contribution in [0.15, 0.2) is 24.0 Å². The molecule has 1 unspecified atom stereocenters. The quantitative estimate of drug-likeness (QED) is 0.823. The SMILES string of the molecule is CC(Cn1cccn1)Nc1nncs1. The van der Waals surface area contributed by atoms with E-state index in [4.69, 9.17) is 0 Å². The van der Waals surface area contributed by atoms with Crippen LogP contribution in [0.25, 0.3) is 0 Å². The molecule has 0 amide bonds. The fourth-order valence-electron chi connectivity index (χ4n) is 1.18. The summed E-state index contributed by atoms with van der Waals surface area (Å²) in [5, 5.41) is 15.9. The van der Waals surface area contributed by atoms with Crippen LogP contribution in [-0.2, 0) is 6.54 Å². The molecule has 0 saturated carbocycles. The third-order valence-electron chi connectivity index (χ3n) is 1.75. The maximum atomic E-state index is 4.13. The second-order valence-corrected chi connectivity index (χ2v) is 3.85. The van der Waals surface area contributed by atoms with Crippen LogP contribution in [0.5, 0.6) is 0 Å². The van der Waals surface area contributed by atoms with Gasteiger partial charge in [0, 0.05) is 18.4 Å². The predicted molar refractivity (Wildman–Crippen MR) is 55.2 cm³/mol. The summed E-state index contributed by atoms with van der Waals surface area (Å²) in [5.41, 5.74) is 1.71. The highest BCUT2D eigenvalue weighted by Crippen LogP contribution is 2.09. The van der Waals surface area contributed by atoms with Crippen molar-refractivity contribution in [1.82, 2.24) is 20.0 Å². The number of nitrogens with one attached hydrogen (secondary N) is 1. The zero-order chi connectivity index (χ0) is 9.80. The largest absolute Gasteiger partial charge is 0.356 e. The van der Waals surface area contributed by atoms with Gasteiger partial charge in [-0.25, -0.2) is 0 Å². The van der Waals surface area contributed by atoms with Crippen LogP contribution in [0.4, 0.5) is 5.13 Å². The first-order valence-electron chi connectivity index (χ1n) is 4.35. The van der Waals surface area contributed by atoms with Gasteiger partial charge in [0.1, 0.15) is 5.51 Å². The molecule has 1 atom stereocenters. The van der Waals surface area contributed by atoms with E-state index in [0.717, 1.165) is 11.7 Å². The summed E-state index contributed by atoms with van der Waals surface area (Å²) in [6.07, 6.45) is 3.72. The fraction of sp³-hybridized carbons (Fsp3) is 0.375. The topological polar surface area (TPSA) is 55.6 Å². The van der Waals surface area contributed by atoms with E-state index in [2.05, 4.69) is 27.5 Å². The van der Waals surface area contributed by atoms with Gasteiger partial charge >= 0.3 is 0 Å². The van der Waals surface area contributed by atoms with Gasteiger partial charge < -0.3 is 5.32 Å². The Morgan fingerprint density at radius 1 is 1.64 bits per heavy atom. The van der Waals surface area contributed by atoms with Crippen molar-refractivity contribution >= 4 is 16.5 Å². The van der Waals surface area contributed by atoms with Gasteiger partial charge in [-0.1, -0.05) is 11.3 Å². The summed E-state index contributed by atoms with van der Waals surface area (Å²) in [5.74, 6) is 0. The van der Waals surface area contributed by atoms with Gasteiger partial charge in [-0.05, 0) is 13.0 Å². The molecule has 6 heteroatoms. The van der Waals surface area contributed by atoms with Crippen LogP contribution in [0.3, 0.4) is 0 Å². The Kier molecular flexibility index (Phi) is 2.73. The summed E-state index contributed by atoms with van der Waals surface area (Å²) in [6.45, 7) is 2.91. The Labute approximate surface area is 85.8 Å². The van der Waals surface area contributed by atoms with E-state index in [-0.39, 0.29) is 0 Å². The first kappa shape index (κ1) is 9.14. The lowest BCUT2D eigenvalue weighted by molar-refractivity contribution is 0.560. The van der Waals surface area contributed by atoms with Crippen molar-refractivity contribution < 1.29 is 0 Å². The average Bonchev–Trinajstić information content (AvgIpc) is 2.76. The number of nitrogens with zero attached hydrogens (tertiary/aromatic N) is 4. The van der Waals surface area contributed by atoms with E-state index in [9.17, 15) is 0 Å².